The van der Waals surface area contributed by atoms with E-state index in [1.165, 1.54) is 7.62 Å². The lowest BCUT2D eigenvalue weighted by molar-refractivity contribution is 0.344. The number of rotatable bonds is 0. The van der Waals surface area contributed by atoms with Gasteiger partial charge in [-0.2, -0.15) is 0 Å². The van der Waals surface area contributed by atoms with Crippen molar-refractivity contribution >= 4 is 13.8 Å². The predicted molar refractivity (Wildman–Crippen MR) is 24.8 cm³/mol. The van der Waals surface area contributed by atoms with E-state index < -0.39 is 0 Å². The number of hydrogen-bond acceptors (Lipinski definition) is 2. The maximum absolute atomic E-state index is 4.75. The molecule has 1 aliphatic rings. The van der Waals surface area contributed by atoms with E-state index in [0.717, 1.165) is 13.0 Å². The highest BCUT2D eigenvalue weighted by Crippen LogP contribution is 1.83. The van der Waals surface area contributed by atoms with Crippen LogP contribution in [0.2, 0.25) is 0 Å². The summed E-state index contributed by atoms with van der Waals surface area (Å²) in [5.41, 5.74) is 0. The van der Waals surface area contributed by atoms with Crippen molar-refractivity contribution in [2.75, 3.05) is 6.61 Å². The molecule has 0 saturated heterocycles. The molecule has 1 radical (unpaired) electrons. The normalized spacial score (nSPS) is 20.0. The molecule has 0 aromatic carbocycles. The topological polar surface area (TPSA) is 21.6 Å². The third-order valence-corrected chi connectivity index (χ3v) is 0.606. The molecule has 0 aromatic heterocycles. The lowest BCUT2D eigenvalue weighted by Gasteiger charge is -1.98. The summed E-state index contributed by atoms with van der Waals surface area (Å²) in [6, 6.07) is 0. The second kappa shape index (κ2) is 1.98. The van der Waals surface area contributed by atoms with Gasteiger partial charge in [0.25, 0.3) is 0 Å². The molecule has 0 saturated carbocycles. The summed E-state index contributed by atoms with van der Waals surface area (Å²) in [5, 5.41) is 0. The number of nitrogens with zero attached hydrogens (tertiary/aromatic N) is 1. The first-order valence-corrected chi connectivity index (χ1v) is 1.95. The summed E-state index contributed by atoms with van der Waals surface area (Å²) in [6.07, 6.45) is 2.79. The van der Waals surface area contributed by atoms with Crippen LogP contribution in [0.1, 0.15) is 6.42 Å². The molecule has 1 rings (SSSR count). The van der Waals surface area contributed by atoms with Crippen LogP contribution in [-0.4, -0.2) is 20.4 Å². The minimum Gasteiger partial charge on any atom is -0.418 e. The molecular weight excluding hydrogens is 76.9 g/mol. The maximum atomic E-state index is 4.75. The van der Waals surface area contributed by atoms with Gasteiger partial charge in [-0.05, 0) is 6.21 Å². The summed E-state index contributed by atoms with van der Waals surface area (Å²) in [7, 11) is 1.46. The zero-order valence-corrected chi connectivity index (χ0v) is 3.42. The first-order valence-electron chi connectivity index (χ1n) is 1.95. The molecule has 31 valence electrons. The molecule has 0 amide bonds. The fourth-order valence-electron chi connectivity index (χ4n) is 0.334. The average molecular weight is 81.9 g/mol. The van der Waals surface area contributed by atoms with E-state index in [1.807, 2.05) is 6.21 Å². The fraction of sp³-hybridized carbons (Fsp3) is 0.667. The van der Waals surface area contributed by atoms with Crippen LogP contribution in [-0.2, 0) is 4.65 Å². The fourth-order valence-corrected chi connectivity index (χ4v) is 0.334. The Kier molecular flexibility index (Phi) is 1.27. The van der Waals surface area contributed by atoms with Gasteiger partial charge >= 0.3 is 7.62 Å². The SMILES string of the molecule is [B]1N=CCCO1. The van der Waals surface area contributed by atoms with Crippen molar-refractivity contribution in [2.24, 2.45) is 4.90 Å². The monoisotopic (exact) mass is 82.0 g/mol. The van der Waals surface area contributed by atoms with E-state index in [2.05, 4.69) is 4.90 Å². The van der Waals surface area contributed by atoms with Crippen LogP contribution in [0.15, 0.2) is 4.90 Å². The molecule has 0 unspecified atom stereocenters. The Labute approximate surface area is 37.5 Å². The van der Waals surface area contributed by atoms with E-state index in [4.69, 9.17) is 4.65 Å². The molecule has 1 aliphatic heterocycles. The first kappa shape index (κ1) is 3.87. The lowest BCUT2D eigenvalue weighted by Crippen LogP contribution is -2.04. The summed E-state index contributed by atoms with van der Waals surface area (Å²) in [4.78, 5) is 3.70. The van der Waals surface area contributed by atoms with E-state index in [0.29, 0.717) is 0 Å². The smallest absolute Gasteiger partial charge is 0.418 e. The lowest BCUT2D eigenvalue weighted by atomic mass is 10.2. The van der Waals surface area contributed by atoms with E-state index in [9.17, 15) is 0 Å². The zero-order valence-electron chi connectivity index (χ0n) is 3.42. The van der Waals surface area contributed by atoms with Gasteiger partial charge in [0, 0.05) is 13.0 Å². The quantitative estimate of drug-likeness (QED) is 0.377. The molecule has 2 nitrogen and oxygen atoms in total. The highest BCUT2D eigenvalue weighted by molar-refractivity contribution is 6.27. The average Bonchev–Trinajstić information content (AvgIpc) is 1.72. The van der Waals surface area contributed by atoms with Crippen LogP contribution in [0.5, 0.6) is 0 Å². The van der Waals surface area contributed by atoms with Gasteiger partial charge in [-0.15, -0.1) is 0 Å². The minimum atomic E-state index is 0.795. The Morgan fingerprint density at radius 1 is 1.83 bits per heavy atom. The van der Waals surface area contributed by atoms with Crippen LogP contribution < -0.4 is 0 Å². The zero-order chi connectivity index (χ0) is 4.24. The van der Waals surface area contributed by atoms with Crippen LogP contribution in [0.25, 0.3) is 0 Å². The van der Waals surface area contributed by atoms with E-state index in [1.54, 1.807) is 0 Å². The summed E-state index contributed by atoms with van der Waals surface area (Å²) < 4.78 is 4.75. The van der Waals surface area contributed by atoms with Gasteiger partial charge in [0.2, 0.25) is 0 Å². The molecule has 1 heterocycles. The Morgan fingerprint density at radius 2 is 2.83 bits per heavy atom. The van der Waals surface area contributed by atoms with Crippen molar-refractivity contribution in [2.45, 2.75) is 6.42 Å². The van der Waals surface area contributed by atoms with Crippen molar-refractivity contribution in [1.29, 1.82) is 0 Å². The van der Waals surface area contributed by atoms with Gasteiger partial charge < -0.3 is 9.56 Å². The van der Waals surface area contributed by atoms with Crippen LogP contribution >= 0.6 is 0 Å². The van der Waals surface area contributed by atoms with Gasteiger partial charge in [0.15, 0.2) is 0 Å². The Hall–Kier alpha value is -0.305. The second-order valence-electron chi connectivity index (χ2n) is 1.10. The summed E-state index contributed by atoms with van der Waals surface area (Å²) in [6.45, 7) is 0.795. The van der Waals surface area contributed by atoms with Crippen molar-refractivity contribution in [3.63, 3.8) is 0 Å². The Balaban J connectivity index is 2.26. The largest absolute Gasteiger partial charge is 0.458 e. The van der Waals surface area contributed by atoms with Crippen LogP contribution in [0, 0.1) is 0 Å². The van der Waals surface area contributed by atoms with Crippen LogP contribution in [0.4, 0.5) is 0 Å². The van der Waals surface area contributed by atoms with Gasteiger partial charge in [-0.3, -0.25) is 0 Å². The molecule has 0 bridgehead atoms. The van der Waals surface area contributed by atoms with Gasteiger partial charge in [-0.1, -0.05) is 0 Å². The third-order valence-electron chi connectivity index (χ3n) is 0.606. The molecular formula is C3H5BNO. The molecule has 0 spiro atoms. The molecule has 0 atom stereocenters. The molecule has 0 aliphatic carbocycles. The van der Waals surface area contributed by atoms with Crippen molar-refractivity contribution in [3.8, 4) is 0 Å². The molecule has 0 fully saturated rings. The van der Waals surface area contributed by atoms with Crippen LogP contribution in [0.3, 0.4) is 0 Å². The Bertz CT molecular complexity index is 55.8. The maximum Gasteiger partial charge on any atom is 0.458 e. The first-order chi connectivity index (χ1) is 3.00. The van der Waals surface area contributed by atoms with Crippen molar-refractivity contribution < 1.29 is 4.65 Å². The van der Waals surface area contributed by atoms with Gasteiger partial charge in [-0.25, -0.2) is 0 Å². The van der Waals surface area contributed by atoms with Crippen molar-refractivity contribution in [1.82, 2.24) is 0 Å². The minimum absolute atomic E-state index is 0.795. The van der Waals surface area contributed by atoms with E-state index in [-0.39, 0.29) is 0 Å². The number of hydrogen-bond donors (Lipinski definition) is 0. The molecule has 0 aromatic rings. The highest BCUT2D eigenvalue weighted by atomic mass is 16.4. The molecule has 0 N–H and O–H groups in total. The predicted octanol–water partition coefficient (Wildman–Crippen LogP) is 0.0117. The Morgan fingerprint density at radius 3 is 3.00 bits per heavy atom. The summed E-state index contributed by atoms with van der Waals surface area (Å²) >= 11 is 0. The standard InChI is InChI=1S/C3H5BNO/c1-2-5-4-6-3-1/h2H,1,3H2. The van der Waals surface area contributed by atoms with Crippen molar-refractivity contribution in [3.05, 3.63) is 0 Å². The summed E-state index contributed by atoms with van der Waals surface area (Å²) in [5.74, 6) is 0. The second-order valence-corrected chi connectivity index (χ2v) is 1.10. The van der Waals surface area contributed by atoms with Gasteiger partial charge in [0.1, 0.15) is 0 Å². The van der Waals surface area contributed by atoms with E-state index >= 15 is 0 Å². The highest BCUT2D eigenvalue weighted by Gasteiger charge is 1.91. The molecule has 6 heavy (non-hydrogen) atoms. The molecule has 3 heteroatoms. The van der Waals surface area contributed by atoms with Gasteiger partial charge in [0.05, 0.1) is 0 Å². The third kappa shape index (κ3) is 0.827.